The van der Waals surface area contributed by atoms with E-state index in [1.807, 2.05) is 49.9 Å². The summed E-state index contributed by atoms with van der Waals surface area (Å²) in [6.45, 7) is 12.3. The van der Waals surface area contributed by atoms with Crippen molar-refractivity contribution < 1.29 is 28.5 Å². The average molecular weight is 425 g/mol. The van der Waals surface area contributed by atoms with Gasteiger partial charge in [-0.3, -0.25) is 9.69 Å². The first-order chi connectivity index (χ1) is 13.9. The molecule has 0 unspecified atom stereocenters. The molecule has 0 aromatic heterocycles. The van der Waals surface area contributed by atoms with Gasteiger partial charge in [-0.05, 0) is 47.6 Å². The first kappa shape index (κ1) is 25.7. The number of methoxy groups -OCH3 is 1. The summed E-state index contributed by atoms with van der Waals surface area (Å²) in [5.41, 5.74) is -0.245. The summed E-state index contributed by atoms with van der Waals surface area (Å²) in [5, 5.41) is 2.72. The van der Waals surface area contributed by atoms with Crippen LogP contribution in [0.15, 0.2) is 24.3 Å². The molecule has 0 fully saturated rings. The molecular weight excluding hydrogens is 388 g/mol. The molecule has 0 saturated heterocycles. The van der Waals surface area contributed by atoms with Crippen LogP contribution in [-0.4, -0.2) is 61.7 Å². The zero-order chi connectivity index (χ0) is 22.8. The van der Waals surface area contributed by atoms with Gasteiger partial charge in [0, 0.05) is 32.3 Å². The molecule has 0 aliphatic rings. The van der Waals surface area contributed by atoms with Crippen molar-refractivity contribution in [3.8, 4) is 5.75 Å². The first-order valence-electron chi connectivity index (χ1n) is 10.0. The van der Waals surface area contributed by atoms with Gasteiger partial charge >= 0.3 is 12.1 Å². The molecule has 0 radical (unpaired) electrons. The van der Waals surface area contributed by atoms with E-state index in [1.165, 1.54) is 0 Å². The molecule has 1 aromatic rings. The predicted molar refractivity (Wildman–Crippen MR) is 114 cm³/mol. The highest BCUT2D eigenvalue weighted by molar-refractivity contribution is 5.72. The number of esters is 1. The highest BCUT2D eigenvalue weighted by Gasteiger charge is 2.21. The van der Waals surface area contributed by atoms with Crippen molar-refractivity contribution >= 4 is 12.1 Å². The van der Waals surface area contributed by atoms with E-state index in [4.69, 9.17) is 18.9 Å². The molecule has 0 bridgehead atoms. The Hall–Kier alpha value is -2.32. The van der Waals surface area contributed by atoms with Crippen molar-refractivity contribution in [3.63, 3.8) is 0 Å². The summed E-state index contributed by atoms with van der Waals surface area (Å²) in [6.07, 6.45) is -0.497. The van der Waals surface area contributed by atoms with Crippen LogP contribution in [0.1, 0.15) is 47.1 Å². The van der Waals surface area contributed by atoms with E-state index in [0.717, 1.165) is 5.56 Å². The van der Waals surface area contributed by atoms with Gasteiger partial charge < -0.3 is 24.3 Å². The van der Waals surface area contributed by atoms with Gasteiger partial charge in [-0.2, -0.15) is 0 Å². The largest absolute Gasteiger partial charge is 0.467 e. The molecule has 0 heterocycles. The van der Waals surface area contributed by atoms with Gasteiger partial charge in [-0.1, -0.05) is 18.2 Å². The lowest BCUT2D eigenvalue weighted by Gasteiger charge is -2.26. The van der Waals surface area contributed by atoms with E-state index >= 15 is 0 Å². The predicted octanol–water partition coefficient (Wildman–Crippen LogP) is 3.34. The molecule has 0 atom stereocenters. The second-order valence-electron chi connectivity index (χ2n) is 8.88. The minimum Gasteiger partial charge on any atom is -0.467 e. The Morgan fingerprint density at radius 2 is 1.63 bits per heavy atom. The maximum Gasteiger partial charge on any atom is 0.407 e. The van der Waals surface area contributed by atoms with E-state index in [-0.39, 0.29) is 19.3 Å². The van der Waals surface area contributed by atoms with Crippen molar-refractivity contribution in [1.29, 1.82) is 0 Å². The highest BCUT2D eigenvalue weighted by atomic mass is 16.7. The molecule has 170 valence electrons. The van der Waals surface area contributed by atoms with Crippen LogP contribution in [-0.2, 0) is 25.5 Å². The van der Waals surface area contributed by atoms with Gasteiger partial charge in [0.15, 0.2) is 6.79 Å². The Bertz CT molecular complexity index is 679. The SMILES string of the molecule is COCOc1ccccc1CN(CCNC(=O)OC(C)(C)C)CC(=O)OC(C)(C)C. The molecule has 8 heteroatoms. The van der Waals surface area contributed by atoms with E-state index in [2.05, 4.69) is 5.32 Å². The number of alkyl carbamates (subject to hydrolysis) is 1. The van der Waals surface area contributed by atoms with Gasteiger partial charge in [-0.15, -0.1) is 0 Å². The average Bonchev–Trinajstić information content (AvgIpc) is 2.57. The number of hydrogen-bond donors (Lipinski definition) is 1. The maximum absolute atomic E-state index is 12.4. The Morgan fingerprint density at radius 3 is 2.23 bits per heavy atom. The molecule has 0 aliphatic heterocycles. The second-order valence-corrected chi connectivity index (χ2v) is 8.88. The molecule has 0 spiro atoms. The Morgan fingerprint density at radius 1 is 1.00 bits per heavy atom. The van der Waals surface area contributed by atoms with Crippen LogP contribution in [0.4, 0.5) is 4.79 Å². The Kier molecular flexibility index (Phi) is 10.1. The summed E-state index contributed by atoms with van der Waals surface area (Å²) < 4.78 is 21.3. The van der Waals surface area contributed by atoms with Crippen molar-refractivity contribution in [2.75, 3.05) is 33.5 Å². The van der Waals surface area contributed by atoms with Crippen LogP contribution in [0.5, 0.6) is 5.75 Å². The number of benzene rings is 1. The van der Waals surface area contributed by atoms with Gasteiger partial charge in [0.2, 0.25) is 0 Å². The van der Waals surface area contributed by atoms with Crippen molar-refractivity contribution in [1.82, 2.24) is 10.2 Å². The normalized spacial score (nSPS) is 11.9. The summed E-state index contributed by atoms with van der Waals surface area (Å²) in [7, 11) is 1.56. The minimum absolute atomic E-state index is 0.0753. The third-order valence-corrected chi connectivity index (χ3v) is 3.57. The van der Waals surface area contributed by atoms with Gasteiger partial charge in [0.25, 0.3) is 0 Å². The standard InChI is InChI=1S/C22H36N2O6/c1-21(2,3)29-19(25)15-24(13-12-23-20(26)30-22(4,5)6)14-17-10-8-9-11-18(17)28-16-27-7/h8-11H,12-16H2,1-7H3,(H,23,26). The zero-order valence-corrected chi connectivity index (χ0v) is 19.2. The van der Waals surface area contributed by atoms with E-state index in [1.54, 1.807) is 27.9 Å². The quantitative estimate of drug-likeness (QED) is 0.455. The number of ether oxygens (including phenoxy) is 4. The summed E-state index contributed by atoms with van der Waals surface area (Å²) in [4.78, 5) is 26.2. The third kappa shape index (κ3) is 11.6. The molecule has 1 amide bonds. The van der Waals surface area contributed by atoms with Crippen molar-refractivity contribution in [3.05, 3.63) is 29.8 Å². The van der Waals surface area contributed by atoms with Crippen LogP contribution in [0.25, 0.3) is 0 Å². The van der Waals surface area contributed by atoms with Gasteiger partial charge in [0.05, 0.1) is 6.54 Å². The molecule has 0 saturated carbocycles. The van der Waals surface area contributed by atoms with Gasteiger partial charge in [-0.25, -0.2) is 4.79 Å². The Labute approximate surface area is 179 Å². The topological polar surface area (TPSA) is 86.3 Å². The minimum atomic E-state index is -0.572. The summed E-state index contributed by atoms with van der Waals surface area (Å²) in [6, 6.07) is 7.55. The second kappa shape index (κ2) is 11.8. The lowest BCUT2D eigenvalue weighted by atomic mass is 10.2. The molecule has 8 nitrogen and oxygen atoms in total. The lowest BCUT2D eigenvalue weighted by molar-refractivity contribution is -0.156. The first-order valence-corrected chi connectivity index (χ1v) is 10.0. The fourth-order valence-corrected chi connectivity index (χ4v) is 2.54. The number of amides is 1. The molecular formula is C22H36N2O6. The molecule has 1 aromatic carbocycles. The fourth-order valence-electron chi connectivity index (χ4n) is 2.54. The molecule has 30 heavy (non-hydrogen) atoms. The number of nitrogens with zero attached hydrogens (tertiary/aromatic N) is 1. The molecule has 1 N–H and O–H groups in total. The number of nitrogens with one attached hydrogen (secondary N) is 1. The van der Waals surface area contributed by atoms with E-state index in [0.29, 0.717) is 25.4 Å². The smallest absolute Gasteiger partial charge is 0.407 e. The highest BCUT2D eigenvalue weighted by Crippen LogP contribution is 2.20. The van der Waals surface area contributed by atoms with Crippen LogP contribution >= 0.6 is 0 Å². The summed E-state index contributed by atoms with van der Waals surface area (Å²) in [5.74, 6) is 0.337. The number of hydrogen-bond acceptors (Lipinski definition) is 7. The molecule has 0 aliphatic carbocycles. The van der Waals surface area contributed by atoms with Crippen molar-refractivity contribution in [2.24, 2.45) is 0 Å². The zero-order valence-electron chi connectivity index (χ0n) is 19.2. The summed E-state index contributed by atoms with van der Waals surface area (Å²) >= 11 is 0. The third-order valence-electron chi connectivity index (χ3n) is 3.57. The fraction of sp³-hybridized carbons (Fsp3) is 0.636. The number of carbonyl (C=O) groups excluding carboxylic acids is 2. The van der Waals surface area contributed by atoms with E-state index in [9.17, 15) is 9.59 Å². The Balaban J connectivity index is 2.80. The number of para-hydroxylation sites is 1. The van der Waals surface area contributed by atoms with Crippen molar-refractivity contribution in [2.45, 2.75) is 59.3 Å². The number of carbonyl (C=O) groups is 2. The monoisotopic (exact) mass is 424 g/mol. The van der Waals surface area contributed by atoms with Crippen LogP contribution in [0, 0.1) is 0 Å². The maximum atomic E-state index is 12.4. The van der Waals surface area contributed by atoms with Crippen LogP contribution in [0.3, 0.4) is 0 Å². The molecule has 1 rings (SSSR count). The van der Waals surface area contributed by atoms with Gasteiger partial charge in [0.1, 0.15) is 17.0 Å². The van der Waals surface area contributed by atoms with Crippen LogP contribution < -0.4 is 10.1 Å². The van der Waals surface area contributed by atoms with Crippen LogP contribution in [0.2, 0.25) is 0 Å². The van der Waals surface area contributed by atoms with E-state index < -0.39 is 17.3 Å². The number of rotatable bonds is 10. The lowest BCUT2D eigenvalue weighted by Crippen LogP contribution is -2.40.